The molecule has 0 radical (unpaired) electrons. The predicted molar refractivity (Wildman–Crippen MR) is 61.9 cm³/mol. The molecule has 0 bridgehead atoms. The molecular weight excluding hydrogens is 244 g/mol. The van der Waals surface area contributed by atoms with Gasteiger partial charge in [0.1, 0.15) is 12.4 Å². The Hall–Kier alpha value is -0.920. The lowest BCUT2D eigenvalue weighted by Gasteiger charge is -2.02. The van der Waals surface area contributed by atoms with E-state index in [-0.39, 0.29) is 6.61 Å². The van der Waals surface area contributed by atoms with Gasteiger partial charge in [-0.05, 0) is 20.3 Å². The number of rotatable bonds is 4. The molecule has 1 heterocycles. The van der Waals surface area contributed by atoms with Crippen LogP contribution in [0, 0.1) is 0 Å². The first-order chi connectivity index (χ1) is 7.80. The fourth-order valence-electron chi connectivity index (χ4n) is 1.09. The highest BCUT2D eigenvalue weighted by Crippen LogP contribution is 2.06. The summed E-state index contributed by atoms with van der Waals surface area (Å²) in [5, 5.41) is 0. The van der Waals surface area contributed by atoms with Crippen molar-refractivity contribution in [2.45, 2.75) is 33.2 Å². The second kappa shape index (κ2) is 7.41. The van der Waals surface area contributed by atoms with Gasteiger partial charge in [0.25, 0.3) is 0 Å². The highest BCUT2D eigenvalue weighted by Gasteiger charge is 2.06. The van der Waals surface area contributed by atoms with E-state index < -0.39 is 10.4 Å². The van der Waals surface area contributed by atoms with E-state index in [9.17, 15) is 13.0 Å². The number of hydrogen-bond donors (Lipinski definition) is 0. The number of hydrogen-bond acceptors (Lipinski definition) is 4. The average Bonchev–Trinajstić information content (AvgIpc) is 2.63. The van der Waals surface area contributed by atoms with Crippen LogP contribution < -0.4 is 4.57 Å². The van der Waals surface area contributed by atoms with Crippen LogP contribution in [0.1, 0.15) is 33.2 Å². The van der Waals surface area contributed by atoms with Gasteiger partial charge in [-0.1, -0.05) is 6.92 Å². The van der Waals surface area contributed by atoms with E-state index in [1.54, 1.807) is 0 Å². The van der Waals surface area contributed by atoms with Gasteiger partial charge in [0, 0.05) is 0 Å². The Balaban J connectivity index is 0.000000325. The molecule has 0 aliphatic heterocycles. The number of imidazole rings is 1. The standard InChI is InChI=1S/C8H15N2.C2H6O4S/c1-4-8(2)10-6-5-9(3)7-10;1-2-6-7(3,4)5/h5-8H,4H2,1-3H3;2H2,1H3,(H,3,4,5)/q+1;/p-1. The van der Waals surface area contributed by atoms with Crippen molar-refractivity contribution >= 4 is 10.4 Å². The Morgan fingerprint density at radius 2 is 2.06 bits per heavy atom. The third kappa shape index (κ3) is 7.89. The minimum atomic E-state index is -4.42. The molecule has 1 aromatic rings. The van der Waals surface area contributed by atoms with Gasteiger partial charge < -0.3 is 4.55 Å². The van der Waals surface area contributed by atoms with Crippen LogP contribution in [0.15, 0.2) is 18.7 Å². The van der Waals surface area contributed by atoms with Crippen LogP contribution >= 0.6 is 0 Å². The zero-order chi connectivity index (χ0) is 13.5. The summed E-state index contributed by atoms with van der Waals surface area (Å²) in [5.74, 6) is 0. The number of aromatic nitrogens is 2. The summed E-state index contributed by atoms with van der Waals surface area (Å²) >= 11 is 0. The zero-order valence-electron chi connectivity index (χ0n) is 10.7. The molecule has 0 saturated heterocycles. The number of nitrogens with zero attached hydrogens (tertiary/aromatic N) is 2. The molecule has 1 rings (SSSR count). The minimum Gasteiger partial charge on any atom is -0.726 e. The fourth-order valence-corrected chi connectivity index (χ4v) is 1.37. The lowest BCUT2D eigenvalue weighted by atomic mass is 10.3. The molecule has 17 heavy (non-hydrogen) atoms. The molecule has 100 valence electrons. The second-order valence-corrected chi connectivity index (χ2v) is 4.65. The van der Waals surface area contributed by atoms with Crippen molar-refractivity contribution in [1.82, 2.24) is 4.57 Å². The van der Waals surface area contributed by atoms with Crippen LogP contribution in [-0.4, -0.2) is 24.1 Å². The molecule has 0 fully saturated rings. The SMILES string of the molecule is CCC(C)n1cc[n+](C)c1.CCOS(=O)(=O)[O-]. The quantitative estimate of drug-likeness (QED) is 0.457. The average molecular weight is 264 g/mol. The fraction of sp³-hybridized carbons (Fsp3) is 0.700. The van der Waals surface area contributed by atoms with E-state index in [4.69, 9.17) is 0 Å². The predicted octanol–water partition coefficient (Wildman–Crippen LogP) is 0.767. The Morgan fingerprint density at radius 3 is 2.29 bits per heavy atom. The van der Waals surface area contributed by atoms with Gasteiger partial charge >= 0.3 is 0 Å². The topological polar surface area (TPSA) is 75.2 Å². The third-order valence-electron chi connectivity index (χ3n) is 2.15. The molecule has 6 nitrogen and oxygen atoms in total. The van der Waals surface area contributed by atoms with Crippen LogP contribution in [0.25, 0.3) is 0 Å². The molecule has 0 aromatic carbocycles. The molecule has 0 saturated carbocycles. The lowest BCUT2D eigenvalue weighted by molar-refractivity contribution is -0.671. The second-order valence-electron chi connectivity index (χ2n) is 3.60. The maximum atomic E-state index is 9.45. The molecule has 0 N–H and O–H groups in total. The van der Waals surface area contributed by atoms with Crippen LogP contribution in [0.3, 0.4) is 0 Å². The van der Waals surface area contributed by atoms with Crippen LogP contribution in [0.5, 0.6) is 0 Å². The van der Waals surface area contributed by atoms with E-state index >= 15 is 0 Å². The summed E-state index contributed by atoms with van der Waals surface area (Å²) in [6.07, 6.45) is 7.46. The molecular formula is C10H20N2O4S. The van der Waals surface area contributed by atoms with E-state index in [1.807, 2.05) is 7.05 Å². The van der Waals surface area contributed by atoms with Gasteiger partial charge in [0.2, 0.25) is 16.7 Å². The van der Waals surface area contributed by atoms with Gasteiger partial charge in [-0.3, -0.25) is 4.18 Å². The van der Waals surface area contributed by atoms with Crippen LogP contribution in [0.4, 0.5) is 0 Å². The van der Waals surface area contributed by atoms with Gasteiger partial charge in [-0.25, -0.2) is 17.6 Å². The van der Waals surface area contributed by atoms with E-state index in [0.717, 1.165) is 0 Å². The normalized spacial score (nSPS) is 12.8. The maximum absolute atomic E-state index is 9.45. The van der Waals surface area contributed by atoms with Gasteiger partial charge in [-0.15, -0.1) is 0 Å². The van der Waals surface area contributed by atoms with E-state index in [0.29, 0.717) is 6.04 Å². The van der Waals surface area contributed by atoms with Crippen molar-refractivity contribution in [3.8, 4) is 0 Å². The highest BCUT2D eigenvalue weighted by molar-refractivity contribution is 7.80. The van der Waals surface area contributed by atoms with Crippen molar-refractivity contribution < 1.29 is 21.7 Å². The lowest BCUT2D eigenvalue weighted by Crippen LogP contribution is -2.24. The number of aryl methyl sites for hydroxylation is 1. The Morgan fingerprint density at radius 1 is 1.47 bits per heavy atom. The summed E-state index contributed by atoms with van der Waals surface area (Å²) in [4.78, 5) is 0. The van der Waals surface area contributed by atoms with Crippen LogP contribution in [-0.2, 0) is 21.6 Å². The van der Waals surface area contributed by atoms with Gasteiger partial charge in [0.15, 0.2) is 0 Å². The monoisotopic (exact) mass is 264 g/mol. The van der Waals surface area contributed by atoms with Crippen LogP contribution in [0.2, 0.25) is 0 Å². The first-order valence-corrected chi connectivity index (χ1v) is 6.76. The van der Waals surface area contributed by atoms with Crippen molar-refractivity contribution in [1.29, 1.82) is 0 Å². The summed E-state index contributed by atoms with van der Waals surface area (Å²) in [6, 6.07) is 0.626. The minimum absolute atomic E-state index is 0.0914. The molecule has 1 atom stereocenters. The molecule has 0 amide bonds. The molecule has 1 unspecified atom stereocenters. The van der Waals surface area contributed by atoms with Gasteiger partial charge in [0.05, 0.1) is 19.7 Å². The van der Waals surface area contributed by atoms with E-state index in [2.05, 4.69) is 45.9 Å². The van der Waals surface area contributed by atoms with Gasteiger partial charge in [-0.2, -0.15) is 0 Å². The largest absolute Gasteiger partial charge is 0.726 e. The first-order valence-electron chi connectivity index (χ1n) is 5.43. The smallest absolute Gasteiger partial charge is 0.243 e. The molecule has 0 aliphatic rings. The summed E-state index contributed by atoms with van der Waals surface area (Å²) < 4.78 is 36.3. The van der Waals surface area contributed by atoms with Crippen molar-refractivity contribution in [3.63, 3.8) is 0 Å². The van der Waals surface area contributed by atoms with E-state index in [1.165, 1.54) is 13.3 Å². The molecule has 0 aliphatic carbocycles. The Kier molecular flexibility index (Phi) is 7.01. The summed E-state index contributed by atoms with van der Waals surface area (Å²) in [7, 11) is -2.38. The summed E-state index contributed by atoms with van der Waals surface area (Å²) in [6.45, 7) is 5.76. The highest BCUT2D eigenvalue weighted by atomic mass is 32.3. The molecule has 1 aromatic heterocycles. The van der Waals surface area contributed by atoms with Crippen molar-refractivity contribution in [3.05, 3.63) is 18.7 Å². The van der Waals surface area contributed by atoms with Crippen molar-refractivity contribution in [2.75, 3.05) is 6.61 Å². The third-order valence-corrected chi connectivity index (χ3v) is 2.68. The first kappa shape index (κ1) is 16.1. The van der Waals surface area contributed by atoms with Crippen molar-refractivity contribution in [2.24, 2.45) is 7.05 Å². The Labute approximate surface area is 103 Å². The molecule has 0 spiro atoms. The zero-order valence-corrected chi connectivity index (χ0v) is 11.5. The molecule has 7 heteroatoms. The Bertz CT molecular complexity index is 414. The maximum Gasteiger partial charge on any atom is 0.243 e. The summed E-state index contributed by atoms with van der Waals surface area (Å²) in [5.41, 5.74) is 0.